The van der Waals surface area contributed by atoms with Crippen LogP contribution in [-0.4, -0.2) is 13.1 Å². The molecule has 2 rings (SSSR count). The van der Waals surface area contributed by atoms with Gasteiger partial charge in [-0.1, -0.05) is 23.7 Å². The molecule has 0 spiro atoms. The third kappa shape index (κ3) is 3.95. The van der Waals surface area contributed by atoms with Crippen LogP contribution in [0.3, 0.4) is 0 Å². The molecular weight excluding hydrogens is 295 g/mol. The molecule has 0 fully saturated rings. The monoisotopic (exact) mass is 308 g/mol. The van der Waals surface area contributed by atoms with Crippen molar-refractivity contribution in [3.05, 3.63) is 58.4 Å². The van der Waals surface area contributed by atoms with Crippen molar-refractivity contribution in [3.8, 4) is 11.5 Å². The standard InChI is InChI=1S/C16H14ClFO3/c1-10-3-5-12(17)15(7-10)21-16(19)9-11-4-6-14(20-2)13(18)8-11/h3-8H,9H2,1-2H3. The molecule has 110 valence electrons. The van der Waals surface area contributed by atoms with Crippen LogP contribution in [0.25, 0.3) is 0 Å². The van der Waals surface area contributed by atoms with E-state index in [2.05, 4.69) is 0 Å². The molecule has 3 nitrogen and oxygen atoms in total. The molecule has 2 aromatic carbocycles. The van der Waals surface area contributed by atoms with E-state index in [-0.39, 0.29) is 12.2 Å². The summed E-state index contributed by atoms with van der Waals surface area (Å²) < 4.78 is 23.6. The highest BCUT2D eigenvalue weighted by molar-refractivity contribution is 6.32. The molecule has 0 unspecified atom stereocenters. The number of methoxy groups -OCH3 is 1. The van der Waals surface area contributed by atoms with E-state index in [1.54, 1.807) is 18.2 Å². The predicted molar refractivity (Wildman–Crippen MR) is 78.5 cm³/mol. The predicted octanol–water partition coefficient (Wildman–Crippen LogP) is 3.94. The molecule has 0 atom stereocenters. The third-order valence-electron chi connectivity index (χ3n) is 2.88. The van der Waals surface area contributed by atoms with Crippen LogP contribution < -0.4 is 9.47 Å². The average Bonchev–Trinajstić information content (AvgIpc) is 2.43. The summed E-state index contributed by atoms with van der Waals surface area (Å²) in [7, 11) is 1.38. The van der Waals surface area contributed by atoms with E-state index in [1.165, 1.54) is 19.2 Å². The van der Waals surface area contributed by atoms with Crippen LogP contribution in [0.1, 0.15) is 11.1 Å². The van der Waals surface area contributed by atoms with Crippen molar-refractivity contribution >= 4 is 17.6 Å². The van der Waals surface area contributed by atoms with Gasteiger partial charge in [-0.2, -0.15) is 0 Å². The second kappa shape index (κ2) is 6.59. The number of aryl methyl sites for hydroxylation is 1. The van der Waals surface area contributed by atoms with Crippen LogP contribution in [0.5, 0.6) is 11.5 Å². The van der Waals surface area contributed by atoms with Crippen LogP contribution in [-0.2, 0) is 11.2 Å². The van der Waals surface area contributed by atoms with Crippen molar-refractivity contribution in [2.24, 2.45) is 0 Å². The largest absolute Gasteiger partial charge is 0.494 e. The van der Waals surface area contributed by atoms with Crippen molar-refractivity contribution in [1.29, 1.82) is 0 Å². The van der Waals surface area contributed by atoms with Gasteiger partial charge in [-0.05, 0) is 42.3 Å². The summed E-state index contributed by atoms with van der Waals surface area (Å²) in [5.41, 5.74) is 1.43. The van der Waals surface area contributed by atoms with Gasteiger partial charge in [0.15, 0.2) is 11.6 Å². The number of halogens is 2. The van der Waals surface area contributed by atoms with Crippen molar-refractivity contribution < 1.29 is 18.7 Å². The Morgan fingerprint density at radius 3 is 2.62 bits per heavy atom. The number of ether oxygens (including phenoxy) is 2. The first-order valence-corrected chi connectivity index (χ1v) is 6.66. The zero-order chi connectivity index (χ0) is 15.4. The second-order valence-electron chi connectivity index (χ2n) is 4.55. The van der Waals surface area contributed by atoms with Crippen LogP contribution in [0.4, 0.5) is 4.39 Å². The van der Waals surface area contributed by atoms with E-state index in [9.17, 15) is 9.18 Å². The van der Waals surface area contributed by atoms with E-state index >= 15 is 0 Å². The average molecular weight is 309 g/mol. The molecule has 0 bridgehead atoms. The molecule has 0 aliphatic carbocycles. The van der Waals surface area contributed by atoms with Crippen LogP contribution in [0.2, 0.25) is 5.02 Å². The van der Waals surface area contributed by atoms with Gasteiger partial charge in [0.25, 0.3) is 0 Å². The normalized spacial score (nSPS) is 10.3. The number of carbonyl (C=O) groups excluding carboxylic acids is 1. The Morgan fingerprint density at radius 2 is 1.95 bits per heavy atom. The van der Waals surface area contributed by atoms with E-state index in [1.807, 2.05) is 13.0 Å². The first-order chi connectivity index (χ1) is 9.99. The smallest absolute Gasteiger partial charge is 0.315 e. The summed E-state index contributed by atoms with van der Waals surface area (Å²) in [6, 6.07) is 9.48. The maximum absolute atomic E-state index is 13.5. The Hall–Kier alpha value is -2.07. The minimum atomic E-state index is -0.517. The maximum atomic E-state index is 13.5. The lowest BCUT2D eigenvalue weighted by Gasteiger charge is -2.08. The topological polar surface area (TPSA) is 35.5 Å². The molecule has 0 amide bonds. The zero-order valence-electron chi connectivity index (χ0n) is 11.7. The first kappa shape index (κ1) is 15.3. The molecule has 2 aromatic rings. The Bertz CT molecular complexity index is 671. The van der Waals surface area contributed by atoms with Gasteiger partial charge < -0.3 is 9.47 Å². The van der Waals surface area contributed by atoms with Gasteiger partial charge in [0.1, 0.15) is 5.75 Å². The van der Waals surface area contributed by atoms with Crippen molar-refractivity contribution in [1.82, 2.24) is 0 Å². The Balaban J connectivity index is 2.08. The van der Waals surface area contributed by atoms with E-state index in [4.69, 9.17) is 21.1 Å². The quantitative estimate of drug-likeness (QED) is 0.634. The van der Waals surface area contributed by atoms with Gasteiger partial charge in [-0.25, -0.2) is 4.39 Å². The summed E-state index contributed by atoms with van der Waals surface area (Å²) >= 11 is 5.95. The summed E-state index contributed by atoms with van der Waals surface area (Å²) in [4.78, 5) is 11.9. The molecule has 0 aromatic heterocycles. The van der Waals surface area contributed by atoms with Gasteiger partial charge in [0.2, 0.25) is 0 Å². The van der Waals surface area contributed by atoms with Gasteiger partial charge in [0.05, 0.1) is 18.6 Å². The summed E-state index contributed by atoms with van der Waals surface area (Å²) in [6.07, 6.45) is -0.0504. The van der Waals surface area contributed by atoms with Gasteiger partial charge in [0, 0.05) is 0 Å². The third-order valence-corrected chi connectivity index (χ3v) is 3.19. The first-order valence-electron chi connectivity index (χ1n) is 6.29. The fourth-order valence-corrected chi connectivity index (χ4v) is 1.99. The SMILES string of the molecule is COc1ccc(CC(=O)Oc2cc(C)ccc2Cl)cc1F. The molecule has 0 N–H and O–H groups in total. The molecule has 0 heterocycles. The van der Waals surface area contributed by atoms with E-state index < -0.39 is 11.8 Å². The zero-order valence-corrected chi connectivity index (χ0v) is 12.4. The number of carbonyl (C=O) groups is 1. The fourth-order valence-electron chi connectivity index (χ4n) is 1.83. The fraction of sp³-hybridized carbons (Fsp3) is 0.188. The number of hydrogen-bond acceptors (Lipinski definition) is 3. The lowest BCUT2D eigenvalue weighted by molar-refractivity contribution is -0.133. The van der Waals surface area contributed by atoms with Gasteiger partial charge in [-0.3, -0.25) is 4.79 Å². The van der Waals surface area contributed by atoms with Crippen LogP contribution in [0.15, 0.2) is 36.4 Å². The molecule has 21 heavy (non-hydrogen) atoms. The van der Waals surface area contributed by atoms with Crippen LogP contribution in [0, 0.1) is 12.7 Å². The molecular formula is C16H14ClFO3. The van der Waals surface area contributed by atoms with Crippen molar-refractivity contribution in [2.45, 2.75) is 13.3 Å². The molecule has 5 heteroatoms. The Kier molecular flexibility index (Phi) is 4.81. The van der Waals surface area contributed by atoms with Gasteiger partial charge in [-0.15, -0.1) is 0 Å². The van der Waals surface area contributed by atoms with E-state index in [0.29, 0.717) is 16.3 Å². The minimum absolute atomic E-state index is 0.0504. The molecule has 0 aliphatic heterocycles. The lowest BCUT2D eigenvalue weighted by Crippen LogP contribution is -2.11. The number of esters is 1. The molecule has 0 radical (unpaired) electrons. The lowest BCUT2D eigenvalue weighted by atomic mass is 10.1. The molecule has 0 saturated carbocycles. The highest BCUT2D eigenvalue weighted by Crippen LogP contribution is 2.26. The second-order valence-corrected chi connectivity index (χ2v) is 4.96. The Labute approximate surface area is 127 Å². The van der Waals surface area contributed by atoms with Gasteiger partial charge >= 0.3 is 5.97 Å². The minimum Gasteiger partial charge on any atom is -0.494 e. The van der Waals surface area contributed by atoms with Crippen LogP contribution >= 0.6 is 11.6 Å². The number of rotatable bonds is 4. The summed E-state index contributed by atoms with van der Waals surface area (Å²) in [5.74, 6) is -0.590. The molecule has 0 saturated heterocycles. The van der Waals surface area contributed by atoms with Crippen molar-refractivity contribution in [3.63, 3.8) is 0 Å². The maximum Gasteiger partial charge on any atom is 0.315 e. The highest BCUT2D eigenvalue weighted by Gasteiger charge is 2.11. The highest BCUT2D eigenvalue weighted by atomic mass is 35.5. The van der Waals surface area contributed by atoms with E-state index in [0.717, 1.165) is 5.56 Å². The van der Waals surface area contributed by atoms with Crippen molar-refractivity contribution in [2.75, 3.05) is 7.11 Å². The molecule has 0 aliphatic rings. The summed E-state index contributed by atoms with van der Waals surface area (Å²) in [6.45, 7) is 1.87. The Morgan fingerprint density at radius 1 is 1.19 bits per heavy atom. The number of hydrogen-bond donors (Lipinski definition) is 0. The number of benzene rings is 2. The summed E-state index contributed by atoms with van der Waals surface area (Å²) in [5, 5.41) is 0.356.